The first-order valence-electron chi connectivity index (χ1n) is 4.93. The van der Waals surface area contributed by atoms with Crippen LogP contribution in [0.15, 0.2) is 12.1 Å². The maximum Gasteiger partial charge on any atom is 0.142 e. The lowest BCUT2D eigenvalue weighted by Crippen LogP contribution is -2.07. The van der Waals surface area contributed by atoms with E-state index in [4.69, 9.17) is 32.7 Å². The highest BCUT2D eigenvalue weighted by molar-refractivity contribution is 9.08. The monoisotopic (exact) mass is 326 g/mol. The average Bonchev–Trinajstić information content (AvgIpc) is 2.26. The van der Waals surface area contributed by atoms with E-state index in [0.717, 1.165) is 5.56 Å². The van der Waals surface area contributed by atoms with E-state index in [-0.39, 0.29) is 0 Å². The molecule has 5 heteroatoms. The van der Waals surface area contributed by atoms with Crippen molar-refractivity contribution in [1.29, 1.82) is 0 Å². The van der Waals surface area contributed by atoms with Crippen molar-refractivity contribution in [1.82, 2.24) is 0 Å². The van der Waals surface area contributed by atoms with Gasteiger partial charge in [-0.3, -0.25) is 0 Å². The number of halogens is 3. The molecule has 0 radical (unpaired) electrons. The molecule has 16 heavy (non-hydrogen) atoms. The van der Waals surface area contributed by atoms with Gasteiger partial charge in [0, 0.05) is 22.5 Å². The Balaban J connectivity index is 2.70. The summed E-state index contributed by atoms with van der Waals surface area (Å²) in [5, 5.41) is 1.78. The summed E-state index contributed by atoms with van der Waals surface area (Å²) in [6, 6.07) is 3.50. The molecule has 0 saturated carbocycles. The fraction of sp³-hybridized carbons (Fsp3) is 0.455. The zero-order valence-corrected chi connectivity index (χ0v) is 12.0. The predicted molar refractivity (Wildman–Crippen MR) is 71.1 cm³/mol. The smallest absolute Gasteiger partial charge is 0.142 e. The highest BCUT2D eigenvalue weighted by atomic mass is 79.9. The van der Waals surface area contributed by atoms with Crippen LogP contribution in [-0.4, -0.2) is 19.8 Å². The van der Waals surface area contributed by atoms with Gasteiger partial charge in [0.15, 0.2) is 0 Å². The number of hydrogen-bond acceptors (Lipinski definition) is 2. The van der Waals surface area contributed by atoms with E-state index in [1.807, 2.05) is 13.0 Å². The summed E-state index contributed by atoms with van der Waals surface area (Å²) in [4.78, 5) is 0. The summed E-state index contributed by atoms with van der Waals surface area (Å²) in [7, 11) is 0. The Labute approximate surface area is 114 Å². The van der Waals surface area contributed by atoms with E-state index in [1.54, 1.807) is 6.07 Å². The second-order valence-electron chi connectivity index (χ2n) is 3.05. The first kappa shape index (κ1) is 14.1. The van der Waals surface area contributed by atoms with Gasteiger partial charge in [-0.15, -0.1) is 0 Å². The van der Waals surface area contributed by atoms with Crippen LogP contribution in [0.4, 0.5) is 0 Å². The maximum atomic E-state index is 6.06. The Bertz CT molecular complexity index is 345. The zero-order valence-electron chi connectivity index (χ0n) is 8.93. The molecule has 0 saturated heterocycles. The minimum absolute atomic E-state index is 0.481. The van der Waals surface area contributed by atoms with E-state index < -0.39 is 0 Å². The standard InChI is InChI=1S/C11H13BrCl2O2/c1-2-15-3-4-16-11-8(7-12)5-9(13)6-10(11)14/h5-6H,2-4,7H2,1H3. The molecule has 1 aromatic rings. The molecule has 0 aromatic heterocycles. The molecule has 1 aromatic carbocycles. The van der Waals surface area contributed by atoms with Crippen molar-refractivity contribution >= 4 is 39.1 Å². The molecule has 0 fully saturated rings. The van der Waals surface area contributed by atoms with E-state index in [2.05, 4.69) is 15.9 Å². The van der Waals surface area contributed by atoms with Gasteiger partial charge in [-0.25, -0.2) is 0 Å². The van der Waals surface area contributed by atoms with Crippen molar-refractivity contribution in [3.63, 3.8) is 0 Å². The molecule has 0 spiro atoms. The molecule has 0 aliphatic rings. The van der Waals surface area contributed by atoms with Gasteiger partial charge in [-0.2, -0.15) is 0 Å². The van der Waals surface area contributed by atoms with Crippen LogP contribution in [0.1, 0.15) is 12.5 Å². The number of benzene rings is 1. The minimum Gasteiger partial charge on any atom is -0.489 e. The predicted octanol–water partition coefficient (Wildman–Crippen LogP) is 4.30. The van der Waals surface area contributed by atoms with Crippen molar-refractivity contribution in [3.8, 4) is 5.75 Å². The van der Waals surface area contributed by atoms with Gasteiger partial charge >= 0.3 is 0 Å². The fourth-order valence-corrected chi connectivity index (χ4v) is 2.23. The molecule has 0 amide bonds. The van der Waals surface area contributed by atoms with Crippen LogP contribution < -0.4 is 4.74 Å². The third-order valence-electron chi connectivity index (χ3n) is 1.91. The van der Waals surface area contributed by atoms with Crippen molar-refractivity contribution < 1.29 is 9.47 Å². The van der Waals surface area contributed by atoms with Crippen LogP contribution in [0.5, 0.6) is 5.75 Å². The third-order valence-corrected chi connectivity index (χ3v) is 3.01. The first-order valence-corrected chi connectivity index (χ1v) is 6.81. The molecule has 2 nitrogen and oxygen atoms in total. The highest BCUT2D eigenvalue weighted by Crippen LogP contribution is 2.33. The lowest BCUT2D eigenvalue weighted by atomic mass is 10.2. The van der Waals surface area contributed by atoms with Crippen molar-refractivity contribution in [2.24, 2.45) is 0 Å². The fourth-order valence-electron chi connectivity index (χ4n) is 1.22. The van der Waals surface area contributed by atoms with Gasteiger partial charge in [0.2, 0.25) is 0 Å². The van der Waals surface area contributed by atoms with E-state index in [9.17, 15) is 0 Å². The van der Waals surface area contributed by atoms with Gasteiger partial charge in [0.25, 0.3) is 0 Å². The lowest BCUT2D eigenvalue weighted by molar-refractivity contribution is 0.110. The number of ether oxygens (including phenoxy) is 2. The van der Waals surface area contributed by atoms with Gasteiger partial charge in [0.1, 0.15) is 12.4 Å². The van der Waals surface area contributed by atoms with Gasteiger partial charge in [-0.05, 0) is 19.1 Å². The van der Waals surface area contributed by atoms with Gasteiger partial charge in [0.05, 0.1) is 11.6 Å². The Morgan fingerprint density at radius 3 is 2.62 bits per heavy atom. The van der Waals surface area contributed by atoms with Crippen LogP contribution in [0.3, 0.4) is 0 Å². The molecular weight excluding hydrogens is 315 g/mol. The minimum atomic E-state index is 0.481. The molecule has 0 atom stereocenters. The van der Waals surface area contributed by atoms with Crippen LogP contribution in [0.2, 0.25) is 10.0 Å². The Morgan fingerprint density at radius 2 is 2.00 bits per heavy atom. The first-order chi connectivity index (χ1) is 7.69. The van der Waals surface area contributed by atoms with Gasteiger partial charge in [-0.1, -0.05) is 39.1 Å². The Hall–Kier alpha value is 0.0400. The Morgan fingerprint density at radius 1 is 1.25 bits per heavy atom. The average molecular weight is 328 g/mol. The summed E-state index contributed by atoms with van der Waals surface area (Å²) in [5.74, 6) is 0.669. The van der Waals surface area contributed by atoms with Gasteiger partial charge < -0.3 is 9.47 Å². The van der Waals surface area contributed by atoms with Crippen LogP contribution in [0, 0.1) is 0 Å². The maximum absolute atomic E-state index is 6.06. The molecule has 0 heterocycles. The van der Waals surface area contributed by atoms with Crippen LogP contribution >= 0.6 is 39.1 Å². The summed E-state index contributed by atoms with van der Waals surface area (Å²) in [6.07, 6.45) is 0. The second-order valence-corrected chi connectivity index (χ2v) is 4.46. The van der Waals surface area contributed by atoms with Crippen molar-refractivity contribution in [2.45, 2.75) is 12.3 Å². The van der Waals surface area contributed by atoms with Crippen LogP contribution in [0.25, 0.3) is 0 Å². The molecule has 0 N–H and O–H groups in total. The van der Waals surface area contributed by atoms with Crippen molar-refractivity contribution in [3.05, 3.63) is 27.7 Å². The normalized spacial score (nSPS) is 10.5. The summed E-state index contributed by atoms with van der Waals surface area (Å²) >= 11 is 15.3. The zero-order chi connectivity index (χ0) is 12.0. The molecule has 0 unspecified atom stereocenters. The SMILES string of the molecule is CCOCCOc1c(Cl)cc(Cl)cc1CBr. The molecule has 0 aliphatic heterocycles. The number of rotatable bonds is 6. The molecule has 1 rings (SSSR count). The Kier molecular flexibility index (Phi) is 6.51. The van der Waals surface area contributed by atoms with Crippen molar-refractivity contribution in [2.75, 3.05) is 19.8 Å². The molecule has 90 valence electrons. The molecular formula is C11H13BrCl2O2. The van der Waals surface area contributed by atoms with Crippen LogP contribution in [-0.2, 0) is 10.1 Å². The number of alkyl halides is 1. The van der Waals surface area contributed by atoms with E-state index in [0.29, 0.717) is 40.9 Å². The quantitative estimate of drug-likeness (QED) is 0.572. The van der Waals surface area contributed by atoms with E-state index >= 15 is 0 Å². The summed E-state index contributed by atoms with van der Waals surface area (Å²) in [6.45, 7) is 3.66. The van der Waals surface area contributed by atoms with E-state index in [1.165, 1.54) is 0 Å². The molecule has 0 aliphatic carbocycles. The second kappa shape index (κ2) is 7.38. The molecule has 0 bridgehead atoms. The largest absolute Gasteiger partial charge is 0.489 e. The summed E-state index contributed by atoms with van der Waals surface area (Å²) in [5.41, 5.74) is 0.939. The highest BCUT2D eigenvalue weighted by Gasteiger charge is 2.09. The number of hydrogen-bond donors (Lipinski definition) is 0. The third kappa shape index (κ3) is 4.13. The lowest BCUT2D eigenvalue weighted by Gasteiger charge is -2.12. The summed E-state index contributed by atoms with van der Waals surface area (Å²) < 4.78 is 10.8. The topological polar surface area (TPSA) is 18.5 Å².